The zero-order chi connectivity index (χ0) is 9.56. The van der Waals surface area contributed by atoms with Crippen molar-refractivity contribution in [3.05, 3.63) is 0 Å². The molecule has 0 saturated heterocycles. The maximum atomic E-state index is 10.4. The quantitative estimate of drug-likeness (QED) is 0.200. The third-order valence-corrected chi connectivity index (χ3v) is 1.37. The van der Waals surface area contributed by atoms with Gasteiger partial charge in [0, 0.05) is 0 Å². The highest BCUT2D eigenvalue weighted by Crippen LogP contribution is 1.95. The van der Waals surface area contributed by atoms with E-state index in [-0.39, 0.29) is 5.84 Å². The molecule has 0 spiro atoms. The second kappa shape index (κ2) is 5.22. The summed E-state index contributed by atoms with van der Waals surface area (Å²) in [7, 11) is 0. The number of oxime groups is 1. The van der Waals surface area contributed by atoms with Gasteiger partial charge in [-0.05, 0) is 6.42 Å². The minimum atomic E-state index is -0.681. The number of primary amides is 1. The molecule has 0 saturated carbocycles. The van der Waals surface area contributed by atoms with Crippen molar-refractivity contribution in [2.24, 2.45) is 16.6 Å². The Kier molecular flexibility index (Phi) is 4.59. The van der Waals surface area contributed by atoms with Gasteiger partial charge in [-0.2, -0.15) is 0 Å². The lowest BCUT2D eigenvalue weighted by molar-refractivity contribution is 0.246. The number of nitrogens with zero attached hydrogens (tertiary/aromatic N) is 1. The minimum absolute atomic E-state index is 0.0318. The van der Waals surface area contributed by atoms with E-state index in [0.717, 1.165) is 6.42 Å². The van der Waals surface area contributed by atoms with Gasteiger partial charge < -0.3 is 22.0 Å². The smallest absolute Gasteiger partial charge is 0.312 e. The molecule has 6 heteroatoms. The van der Waals surface area contributed by atoms with E-state index in [9.17, 15) is 4.79 Å². The van der Waals surface area contributed by atoms with Crippen molar-refractivity contribution in [1.82, 2.24) is 5.32 Å². The van der Waals surface area contributed by atoms with E-state index in [0.29, 0.717) is 6.42 Å². The lowest BCUT2D eigenvalue weighted by atomic mass is 10.1. The highest BCUT2D eigenvalue weighted by atomic mass is 16.4. The Bertz CT molecular complexity index is 180. The second-order valence-electron chi connectivity index (χ2n) is 2.37. The summed E-state index contributed by atoms with van der Waals surface area (Å²) in [4.78, 5) is 10.4. The standard InChI is InChI=1S/C6H14N4O2/c1-2-3-4(5(7)10-12)9-6(8)11/h4,12H,2-3H2,1H3,(H2,7,10)(H3,8,9,11). The number of amides is 2. The number of carbonyl (C=O) groups excluding carboxylic acids is 1. The van der Waals surface area contributed by atoms with E-state index in [4.69, 9.17) is 16.7 Å². The van der Waals surface area contributed by atoms with Crippen LogP contribution in [0.1, 0.15) is 19.8 Å². The fourth-order valence-corrected chi connectivity index (χ4v) is 0.824. The first-order chi connectivity index (χ1) is 5.61. The first-order valence-corrected chi connectivity index (χ1v) is 3.65. The summed E-state index contributed by atoms with van der Waals surface area (Å²) < 4.78 is 0. The Morgan fingerprint density at radius 1 is 1.67 bits per heavy atom. The van der Waals surface area contributed by atoms with Crippen LogP contribution in [0.25, 0.3) is 0 Å². The van der Waals surface area contributed by atoms with Gasteiger partial charge in [0.05, 0.1) is 6.04 Å². The number of hydrogen-bond acceptors (Lipinski definition) is 3. The van der Waals surface area contributed by atoms with E-state index in [1.165, 1.54) is 0 Å². The SMILES string of the molecule is CCCC(NC(N)=O)/C(N)=N/O. The molecule has 6 N–H and O–H groups in total. The molecule has 1 unspecified atom stereocenters. The van der Waals surface area contributed by atoms with Crippen LogP contribution in [0.4, 0.5) is 4.79 Å². The molecule has 0 bridgehead atoms. The molecule has 70 valence electrons. The van der Waals surface area contributed by atoms with Crippen molar-refractivity contribution >= 4 is 11.9 Å². The topological polar surface area (TPSA) is 114 Å². The number of rotatable bonds is 4. The van der Waals surface area contributed by atoms with Crippen LogP contribution < -0.4 is 16.8 Å². The molecule has 6 nitrogen and oxygen atoms in total. The summed E-state index contributed by atoms with van der Waals surface area (Å²) in [6.45, 7) is 1.92. The Balaban J connectivity index is 4.12. The average Bonchev–Trinajstić information content (AvgIpc) is 2.01. The second-order valence-corrected chi connectivity index (χ2v) is 2.37. The first-order valence-electron chi connectivity index (χ1n) is 3.65. The monoisotopic (exact) mass is 174 g/mol. The molecule has 1 atom stereocenters. The Labute approximate surface area is 70.6 Å². The molecule has 0 aromatic heterocycles. The fourth-order valence-electron chi connectivity index (χ4n) is 0.824. The molecule has 0 aromatic carbocycles. The van der Waals surface area contributed by atoms with Crippen LogP contribution >= 0.6 is 0 Å². The van der Waals surface area contributed by atoms with Crippen molar-refractivity contribution in [2.75, 3.05) is 0 Å². The van der Waals surface area contributed by atoms with Crippen LogP contribution in [0, 0.1) is 0 Å². The van der Waals surface area contributed by atoms with Crippen LogP contribution in [-0.4, -0.2) is 23.1 Å². The van der Waals surface area contributed by atoms with E-state index < -0.39 is 12.1 Å². The van der Waals surface area contributed by atoms with Gasteiger partial charge in [-0.3, -0.25) is 0 Å². The van der Waals surface area contributed by atoms with E-state index >= 15 is 0 Å². The van der Waals surface area contributed by atoms with E-state index in [1.807, 2.05) is 6.92 Å². The molecule has 0 fully saturated rings. The first kappa shape index (κ1) is 10.5. The largest absolute Gasteiger partial charge is 0.409 e. The summed E-state index contributed by atoms with van der Waals surface area (Å²) in [6, 6.07) is -1.16. The van der Waals surface area contributed by atoms with Crippen molar-refractivity contribution in [3.63, 3.8) is 0 Å². The fraction of sp³-hybridized carbons (Fsp3) is 0.667. The predicted molar refractivity (Wildman–Crippen MR) is 44.8 cm³/mol. The van der Waals surface area contributed by atoms with Crippen molar-refractivity contribution in [3.8, 4) is 0 Å². The normalized spacial score (nSPS) is 13.9. The molecule has 0 aliphatic heterocycles. The number of carbonyl (C=O) groups is 1. The highest BCUT2D eigenvalue weighted by Gasteiger charge is 2.13. The van der Waals surface area contributed by atoms with Gasteiger partial charge in [0.15, 0.2) is 5.84 Å². The van der Waals surface area contributed by atoms with Crippen LogP contribution in [0.5, 0.6) is 0 Å². The van der Waals surface area contributed by atoms with Gasteiger partial charge in [0.2, 0.25) is 0 Å². The van der Waals surface area contributed by atoms with Crippen molar-refractivity contribution < 1.29 is 10.0 Å². The molecule has 0 radical (unpaired) electrons. The van der Waals surface area contributed by atoms with Crippen LogP contribution in [0.2, 0.25) is 0 Å². The molecule has 0 aliphatic rings. The van der Waals surface area contributed by atoms with Gasteiger partial charge in [-0.1, -0.05) is 18.5 Å². The number of nitrogens with two attached hydrogens (primary N) is 2. The van der Waals surface area contributed by atoms with Gasteiger partial charge in [0.1, 0.15) is 0 Å². The Morgan fingerprint density at radius 3 is 2.58 bits per heavy atom. The molecular formula is C6H14N4O2. The number of urea groups is 1. The summed E-state index contributed by atoms with van der Waals surface area (Å²) in [5, 5.41) is 13.5. The molecule has 2 amide bonds. The number of nitrogens with one attached hydrogen (secondary N) is 1. The zero-order valence-electron chi connectivity index (χ0n) is 6.95. The molecule has 0 rings (SSSR count). The minimum Gasteiger partial charge on any atom is -0.409 e. The van der Waals surface area contributed by atoms with Crippen LogP contribution in [0.3, 0.4) is 0 Å². The summed E-state index contributed by atoms with van der Waals surface area (Å²) in [5.74, 6) is -0.0318. The lowest BCUT2D eigenvalue weighted by Gasteiger charge is -2.14. The van der Waals surface area contributed by atoms with Gasteiger partial charge in [0.25, 0.3) is 0 Å². The van der Waals surface area contributed by atoms with E-state index in [2.05, 4.69) is 10.5 Å². The molecule has 12 heavy (non-hydrogen) atoms. The third kappa shape index (κ3) is 3.65. The summed E-state index contributed by atoms with van der Waals surface area (Å²) in [6.07, 6.45) is 1.40. The van der Waals surface area contributed by atoms with Gasteiger partial charge >= 0.3 is 6.03 Å². The Morgan fingerprint density at radius 2 is 2.25 bits per heavy atom. The third-order valence-electron chi connectivity index (χ3n) is 1.37. The maximum Gasteiger partial charge on any atom is 0.312 e. The zero-order valence-corrected chi connectivity index (χ0v) is 6.95. The predicted octanol–water partition coefficient (Wildman–Crippen LogP) is -0.430. The van der Waals surface area contributed by atoms with Gasteiger partial charge in [-0.15, -0.1) is 0 Å². The number of amidine groups is 1. The summed E-state index contributed by atoms with van der Waals surface area (Å²) in [5.41, 5.74) is 10.2. The molecule has 0 aromatic rings. The molecular weight excluding hydrogens is 160 g/mol. The summed E-state index contributed by atoms with van der Waals surface area (Å²) >= 11 is 0. The van der Waals surface area contributed by atoms with Crippen LogP contribution in [-0.2, 0) is 0 Å². The lowest BCUT2D eigenvalue weighted by Crippen LogP contribution is -2.46. The van der Waals surface area contributed by atoms with Crippen molar-refractivity contribution in [1.29, 1.82) is 0 Å². The number of hydrogen-bond donors (Lipinski definition) is 4. The average molecular weight is 174 g/mol. The molecule has 0 aliphatic carbocycles. The maximum absolute atomic E-state index is 10.4. The van der Waals surface area contributed by atoms with Gasteiger partial charge in [-0.25, -0.2) is 4.79 Å². The molecule has 0 heterocycles. The van der Waals surface area contributed by atoms with E-state index in [1.54, 1.807) is 0 Å². The Hall–Kier alpha value is -1.46. The van der Waals surface area contributed by atoms with Crippen LogP contribution in [0.15, 0.2) is 5.16 Å². The highest BCUT2D eigenvalue weighted by molar-refractivity contribution is 5.88. The van der Waals surface area contributed by atoms with Crippen molar-refractivity contribution in [2.45, 2.75) is 25.8 Å².